The van der Waals surface area contributed by atoms with Crippen molar-refractivity contribution >= 4 is 29.1 Å². The maximum Gasteiger partial charge on any atom is 0.431 e. The molecule has 32 heavy (non-hydrogen) atoms. The molecule has 1 fully saturated rings. The highest BCUT2D eigenvalue weighted by Gasteiger charge is 2.48. The van der Waals surface area contributed by atoms with Crippen molar-refractivity contribution in [3.63, 3.8) is 0 Å². The van der Waals surface area contributed by atoms with Crippen LogP contribution in [0, 0.1) is 0 Å². The number of alkyl halides is 3. The minimum atomic E-state index is -4.57. The van der Waals surface area contributed by atoms with Gasteiger partial charge in [-0.1, -0.05) is 11.6 Å². The van der Waals surface area contributed by atoms with Crippen LogP contribution < -0.4 is 4.90 Å². The number of halogens is 4. The molecule has 2 aliphatic heterocycles. The first-order valence-electron chi connectivity index (χ1n) is 10.8. The molecule has 1 atom stereocenters. The van der Waals surface area contributed by atoms with E-state index in [4.69, 9.17) is 16.3 Å². The minimum absolute atomic E-state index is 0.0636. The second-order valence-corrected chi connectivity index (χ2v) is 9.52. The van der Waals surface area contributed by atoms with Crippen molar-refractivity contribution in [2.45, 2.75) is 70.8 Å². The molecule has 1 saturated carbocycles. The zero-order valence-corrected chi connectivity index (χ0v) is 19.3. The number of allylic oxidation sites excluding steroid dienone is 1. The Hall–Kier alpha value is -2.06. The van der Waals surface area contributed by atoms with E-state index in [1.54, 1.807) is 33.0 Å². The summed E-state index contributed by atoms with van der Waals surface area (Å²) in [6.45, 7) is 5.23. The van der Waals surface area contributed by atoms with E-state index < -0.39 is 23.9 Å². The number of rotatable bonds is 4. The van der Waals surface area contributed by atoms with Gasteiger partial charge >= 0.3 is 12.1 Å². The molecule has 2 heterocycles. The van der Waals surface area contributed by atoms with Gasteiger partial charge in [-0.05, 0) is 75.4 Å². The number of nitrogens with zero attached hydrogens (tertiary/aromatic N) is 3. The molecule has 174 valence electrons. The van der Waals surface area contributed by atoms with Crippen LogP contribution in [-0.2, 0) is 16.1 Å². The fourth-order valence-electron chi connectivity index (χ4n) is 4.57. The number of hydrogen-bond acceptors (Lipinski definition) is 5. The van der Waals surface area contributed by atoms with Crippen LogP contribution in [-0.4, -0.2) is 48.6 Å². The Morgan fingerprint density at radius 1 is 1.31 bits per heavy atom. The largest absolute Gasteiger partial charge is 0.463 e. The van der Waals surface area contributed by atoms with Crippen molar-refractivity contribution < 1.29 is 22.7 Å². The van der Waals surface area contributed by atoms with Gasteiger partial charge in [0.1, 0.15) is 11.5 Å². The lowest BCUT2D eigenvalue weighted by Crippen LogP contribution is -2.50. The monoisotopic (exact) mass is 469 g/mol. The predicted octanol–water partition coefficient (Wildman–Crippen LogP) is 5.43. The van der Waals surface area contributed by atoms with E-state index >= 15 is 0 Å². The number of likely N-dealkylation sites (N-methyl/N-ethyl adjacent to an activating group) is 1. The Balaban J connectivity index is 1.90. The second-order valence-electron chi connectivity index (χ2n) is 9.09. The SMILES string of the molecule is CC1=C(C(F)(F)F)N2C(=NC1)[C@H](CC(=O)OC(C)C)N(C)Cc1cc(Cl)cc(C3CC3)c12. The molecular weight excluding hydrogens is 443 g/mol. The number of fused-ring (bicyclic) bond motifs is 3. The Bertz CT molecular complexity index is 999. The highest BCUT2D eigenvalue weighted by molar-refractivity contribution is 6.31. The first-order chi connectivity index (χ1) is 15.0. The molecule has 0 N–H and O–H groups in total. The van der Waals surface area contributed by atoms with E-state index in [0.717, 1.165) is 18.4 Å². The average molecular weight is 470 g/mol. The highest BCUT2D eigenvalue weighted by atomic mass is 35.5. The molecule has 0 radical (unpaired) electrons. The van der Waals surface area contributed by atoms with Crippen LogP contribution in [0.25, 0.3) is 0 Å². The number of hydrogen-bond donors (Lipinski definition) is 0. The molecule has 1 aliphatic carbocycles. The van der Waals surface area contributed by atoms with Crippen molar-refractivity contribution in [3.8, 4) is 0 Å². The van der Waals surface area contributed by atoms with E-state index in [0.29, 0.717) is 22.8 Å². The first kappa shape index (κ1) is 23.1. The molecule has 0 unspecified atom stereocenters. The van der Waals surface area contributed by atoms with Crippen molar-refractivity contribution in [2.75, 3.05) is 18.5 Å². The van der Waals surface area contributed by atoms with E-state index in [1.165, 1.54) is 11.8 Å². The predicted molar refractivity (Wildman–Crippen MR) is 118 cm³/mol. The second kappa shape index (κ2) is 8.37. The Morgan fingerprint density at radius 2 is 2.00 bits per heavy atom. The molecule has 4 rings (SSSR count). The zero-order valence-electron chi connectivity index (χ0n) is 18.6. The van der Waals surface area contributed by atoms with Crippen LogP contribution in [0.1, 0.15) is 57.1 Å². The highest BCUT2D eigenvalue weighted by Crippen LogP contribution is 2.50. The standard InChI is InChI=1S/C23H27ClF3N3O2/c1-12(2)32-19(31)9-18-22-28-10-13(3)21(23(25,26)27)30(22)20-15(11-29(18)4)7-16(24)8-17(20)14-5-6-14/h7-8,12,14,18H,5-6,9-11H2,1-4H3/t18-/m0/s1. The summed E-state index contributed by atoms with van der Waals surface area (Å²) in [6.07, 6.45) is -3.15. The number of benzene rings is 1. The van der Waals surface area contributed by atoms with E-state index in [1.807, 2.05) is 4.90 Å². The summed E-state index contributed by atoms with van der Waals surface area (Å²) in [5.41, 5.74) is 1.46. The summed E-state index contributed by atoms with van der Waals surface area (Å²) < 4.78 is 48.5. The van der Waals surface area contributed by atoms with Gasteiger partial charge < -0.3 is 4.74 Å². The molecule has 1 aromatic rings. The maximum atomic E-state index is 14.4. The topological polar surface area (TPSA) is 45.1 Å². The first-order valence-corrected chi connectivity index (χ1v) is 11.2. The van der Waals surface area contributed by atoms with Crippen LogP contribution in [0.3, 0.4) is 0 Å². The van der Waals surface area contributed by atoms with Crippen LogP contribution >= 0.6 is 11.6 Å². The normalized spacial score (nSPS) is 21.8. The molecule has 0 amide bonds. The number of ether oxygens (including phenoxy) is 1. The van der Waals surface area contributed by atoms with Crippen molar-refractivity contribution in [1.82, 2.24) is 4.90 Å². The fourth-order valence-corrected chi connectivity index (χ4v) is 4.82. The Morgan fingerprint density at radius 3 is 2.59 bits per heavy atom. The van der Waals surface area contributed by atoms with Crippen LogP contribution in [0.15, 0.2) is 28.4 Å². The Kier molecular flexibility index (Phi) is 6.05. The third-order valence-corrected chi connectivity index (χ3v) is 6.22. The molecule has 0 bridgehead atoms. The summed E-state index contributed by atoms with van der Waals surface area (Å²) in [5.74, 6) is -0.0620. The molecule has 0 saturated heterocycles. The van der Waals surface area contributed by atoms with Gasteiger partial charge in [-0.25, -0.2) is 0 Å². The van der Waals surface area contributed by atoms with Crippen molar-refractivity contribution in [1.29, 1.82) is 0 Å². The van der Waals surface area contributed by atoms with Gasteiger partial charge in [0, 0.05) is 11.6 Å². The van der Waals surface area contributed by atoms with Crippen LogP contribution in [0.5, 0.6) is 0 Å². The van der Waals surface area contributed by atoms with Gasteiger partial charge in [-0.15, -0.1) is 0 Å². The third-order valence-electron chi connectivity index (χ3n) is 6.00. The molecular formula is C23H27ClF3N3O2. The number of carbonyl (C=O) groups excluding carboxylic acids is 1. The number of amidine groups is 1. The van der Waals surface area contributed by atoms with E-state index in [-0.39, 0.29) is 36.4 Å². The molecule has 9 heteroatoms. The van der Waals surface area contributed by atoms with Gasteiger partial charge in [0.2, 0.25) is 0 Å². The van der Waals surface area contributed by atoms with Crippen molar-refractivity contribution in [3.05, 3.63) is 39.6 Å². The van der Waals surface area contributed by atoms with Gasteiger partial charge in [-0.3, -0.25) is 19.6 Å². The summed E-state index contributed by atoms with van der Waals surface area (Å²) >= 11 is 6.39. The van der Waals surface area contributed by atoms with Crippen molar-refractivity contribution in [2.24, 2.45) is 4.99 Å². The summed E-state index contributed by atoms with van der Waals surface area (Å²) in [7, 11) is 1.79. The lowest BCUT2D eigenvalue weighted by molar-refractivity contribution is -0.148. The van der Waals surface area contributed by atoms with E-state index in [9.17, 15) is 18.0 Å². The van der Waals surface area contributed by atoms with Gasteiger partial charge in [0.25, 0.3) is 0 Å². The Labute approximate surface area is 190 Å². The fraction of sp³-hybridized carbons (Fsp3) is 0.565. The van der Waals surface area contributed by atoms with Gasteiger partial charge in [0.15, 0.2) is 0 Å². The molecule has 5 nitrogen and oxygen atoms in total. The van der Waals surface area contributed by atoms with Crippen LogP contribution in [0.2, 0.25) is 5.02 Å². The lowest BCUT2D eigenvalue weighted by Gasteiger charge is -2.38. The van der Waals surface area contributed by atoms with Crippen LogP contribution in [0.4, 0.5) is 18.9 Å². The average Bonchev–Trinajstić information content (AvgIpc) is 3.49. The minimum Gasteiger partial charge on any atom is -0.463 e. The summed E-state index contributed by atoms with van der Waals surface area (Å²) in [5, 5.41) is 0.501. The maximum absolute atomic E-state index is 14.4. The quantitative estimate of drug-likeness (QED) is 0.552. The van der Waals surface area contributed by atoms with Gasteiger partial charge in [-0.2, -0.15) is 13.2 Å². The molecule has 3 aliphatic rings. The molecule has 0 aromatic heterocycles. The number of aliphatic imine (C=N–C) groups is 1. The number of anilines is 1. The number of esters is 1. The van der Waals surface area contributed by atoms with E-state index in [2.05, 4.69) is 4.99 Å². The third kappa shape index (κ3) is 4.39. The molecule has 0 spiro atoms. The van der Waals surface area contributed by atoms with Gasteiger partial charge in [0.05, 0.1) is 30.8 Å². The summed E-state index contributed by atoms with van der Waals surface area (Å²) in [6, 6.07) is 2.84. The lowest BCUT2D eigenvalue weighted by atomic mass is 9.99. The smallest absolute Gasteiger partial charge is 0.431 e. The summed E-state index contributed by atoms with van der Waals surface area (Å²) in [4.78, 5) is 20.2. The number of carbonyl (C=O) groups is 1. The molecule has 1 aromatic carbocycles. The zero-order chi connectivity index (χ0) is 23.4.